The summed E-state index contributed by atoms with van der Waals surface area (Å²) in [6, 6.07) is 3.99. The molecule has 0 saturated heterocycles. The van der Waals surface area contributed by atoms with Crippen LogP contribution in [0, 0.1) is 5.82 Å². The van der Waals surface area contributed by atoms with E-state index in [0.717, 1.165) is 6.07 Å². The van der Waals surface area contributed by atoms with E-state index in [0.29, 0.717) is 13.0 Å². The number of sulfonamides is 1. The summed E-state index contributed by atoms with van der Waals surface area (Å²) >= 11 is 0. The maximum Gasteiger partial charge on any atom is 0.232 e. The van der Waals surface area contributed by atoms with Gasteiger partial charge in [0.05, 0.1) is 18.0 Å². The second kappa shape index (κ2) is 5.86. The van der Waals surface area contributed by atoms with Crippen molar-refractivity contribution in [3.05, 3.63) is 24.0 Å². The number of nitrogens with one attached hydrogen (secondary N) is 1. The van der Waals surface area contributed by atoms with Crippen molar-refractivity contribution in [1.29, 1.82) is 0 Å². The fourth-order valence-electron chi connectivity index (χ4n) is 1.34. The summed E-state index contributed by atoms with van der Waals surface area (Å²) in [5, 5.41) is 0. The van der Waals surface area contributed by atoms with E-state index in [1.54, 1.807) is 13.8 Å². The predicted molar refractivity (Wildman–Crippen MR) is 65.3 cm³/mol. The molecule has 1 N–H and O–H groups in total. The maximum absolute atomic E-state index is 13.4. The third-order valence-corrected chi connectivity index (χ3v) is 3.47. The zero-order valence-corrected chi connectivity index (χ0v) is 10.7. The lowest BCUT2D eigenvalue weighted by molar-refractivity contribution is 0.321. The molecule has 0 aromatic heterocycles. The molecule has 0 heterocycles. The quantitative estimate of drug-likeness (QED) is 0.855. The van der Waals surface area contributed by atoms with E-state index in [4.69, 9.17) is 4.74 Å². The first-order valence-electron chi connectivity index (χ1n) is 5.41. The smallest absolute Gasteiger partial charge is 0.232 e. The molecule has 0 spiro atoms. The number of anilines is 1. The molecule has 0 aliphatic heterocycles. The molecular weight excluding hydrogens is 245 g/mol. The SMILES string of the molecule is CCCS(=O)(=O)Nc1ccc(OCC)c(F)c1. The van der Waals surface area contributed by atoms with Gasteiger partial charge in [0.25, 0.3) is 0 Å². The van der Waals surface area contributed by atoms with E-state index in [1.165, 1.54) is 12.1 Å². The Labute approximate surface area is 101 Å². The Hall–Kier alpha value is -1.30. The molecule has 1 rings (SSSR count). The van der Waals surface area contributed by atoms with Crippen molar-refractivity contribution >= 4 is 15.7 Å². The van der Waals surface area contributed by atoms with Gasteiger partial charge < -0.3 is 4.74 Å². The van der Waals surface area contributed by atoms with Crippen LogP contribution >= 0.6 is 0 Å². The van der Waals surface area contributed by atoms with E-state index in [2.05, 4.69) is 4.72 Å². The van der Waals surface area contributed by atoms with Gasteiger partial charge in [-0.05, 0) is 25.5 Å². The summed E-state index contributed by atoms with van der Waals surface area (Å²) < 4.78 is 43.7. The Kier molecular flexibility index (Phi) is 4.74. The van der Waals surface area contributed by atoms with Crippen LogP contribution in [0.25, 0.3) is 0 Å². The molecule has 0 unspecified atom stereocenters. The molecule has 6 heteroatoms. The topological polar surface area (TPSA) is 55.4 Å². The summed E-state index contributed by atoms with van der Waals surface area (Å²) in [5.41, 5.74) is 0.208. The lowest BCUT2D eigenvalue weighted by atomic mass is 10.3. The molecule has 4 nitrogen and oxygen atoms in total. The summed E-state index contributed by atoms with van der Waals surface area (Å²) in [6.45, 7) is 3.87. The number of benzene rings is 1. The van der Waals surface area contributed by atoms with Gasteiger partial charge in [0, 0.05) is 6.07 Å². The highest BCUT2D eigenvalue weighted by atomic mass is 32.2. The maximum atomic E-state index is 13.4. The molecule has 96 valence electrons. The average molecular weight is 261 g/mol. The molecule has 17 heavy (non-hydrogen) atoms. The van der Waals surface area contributed by atoms with Crippen LogP contribution < -0.4 is 9.46 Å². The zero-order chi connectivity index (χ0) is 12.9. The summed E-state index contributed by atoms with van der Waals surface area (Å²) in [7, 11) is -3.38. The minimum atomic E-state index is -3.38. The molecule has 0 amide bonds. The van der Waals surface area contributed by atoms with E-state index < -0.39 is 15.8 Å². The van der Waals surface area contributed by atoms with Crippen LogP contribution in [0.4, 0.5) is 10.1 Å². The number of rotatable bonds is 6. The van der Waals surface area contributed by atoms with Crippen LogP contribution in [0.15, 0.2) is 18.2 Å². The molecule has 0 fully saturated rings. The molecule has 0 bridgehead atoms. The first-order valence-corrected chi connectivity index (χ1v) is 7.06. The van der Waals surface area contributed by atoms with Gasteiger partial charge in [-0.15, -0.1) is 0 Å². The fourth-order valence-corrected chi connectivity index (χ4v) is 2.46. The van der Waals surface area contributed by atoms with E-state index in [-0.39, 0.29) is 17.2 Å². The Bertz CT molecular complexity index is 474. The summed E-state index contributed by atoms with van der Waals surface area (Å²) in [4.78, 5) is 0. The minimum absolute atomic E-state index is 0.0157. The average Bonchev–Trinajstić information content (AvgIpc) is 2.21. The van der Waals surface area contributed by atoms with Crippen molar-refractivity contribution < 1.29 is 17.5 Å². The Balaban J connectivity index is 2.84. The first kappa shape index (κ1) is 13.8. The van der Waals surface area contributed by atoms with E-state index >= 15 is 0 Å². The molecule has 0 radical (unpaired) electrons. The summed E-state index contributed by atoms with van der Waals surface area (Å²) in [5.74, 6) is -0.448. The minimum Gasteiger partial charge on any atom is -0.491 e. The first-order chi connectivity index (χ1) is 7.98. The summed E-state index contributed by atoms with van der Waals surface area (Å²) in [6.07, 6.45) is 0.509. The van der Waals surface area contributed by atoms with Crippen LogP contribution in [0.3, 0.4) is 0 Å². The highest BCUT2D eigenvalue weighted by Crippen LogP contribution is 2.21. The van der Waals surface area contributed by atoms with Crippen LogP contribution in [-0.2, 0) is 10.0 Å². The van der Waals surface area contributed by atoms with Crippen molar-refractivity contribution in [2.45, 2.75) is 20.3 Å². The Morgan fingerprint density at radius 2 is 2.06 bits per heavy atom. The van der Waals surface area contributed by atoms with E-state index in [1.807, 2.05) is 0 Å². The Morgan fingerprint density at radius 3 is 2.59 bits per heavy atom. The molecular formula is C11H16FNO3S. The predicted octanol–water partition coefficient (Wildman–Crippen LogP) is 2.38. The van der Waals surface area contributed by atoms with Crippen molar-refractivity contribution in [2.75, 3.05) is 17.1 Å². The standard InChI is InChI=1S/C11H16FNO3S/c1-3-7-17(14,15)13-9-5-6-11(16-4-2)10(12)8-9/h5-6,8,13H,3-4,7H2,1-2H3. The van der Waals surface area contributed by atoms with Gasteiger partial charge in [-0.25, -0.2) is 12.8 Å². The third kappa shape index (κ3) is 4.22. The van der Waals surface area contributed by atoms with Gasteiger partial charge in [0.1, 0.15) is 0 Å². The molecule has 0 saturated carbocycles. The van der Waals surface area contributed by atoms with Crippen LogP contribution in [0.1, 0.15) is 20.3 Å². The molecule has 1 aromatic carbocycles. The normalized spacial score (nSPS) is 11.2. The van der Waals surface area contributed by atoms with Gasteiger partial charge >= 0.3 is 0 Å². The second-order valence-electron chi connectivity index (χ2n) is 3.50. The third-order valence-electron chi connectivity index (χ3n) is 1.98. The van der Waals surface area contributed by atoms with Gasteiger partial charge in [0.15, 0.2) is 11.6 Å². The van der Waals surface area contributed by atoms with Crippen LogP contribution in [-0.4, -0.2) is 20.8 Å². The van der Waals surface area contributed by atoms with Gasteiger partial charge in [-0.3, -0.25) is 4.72 Å². The lowest BCUT2D eigenvalue weighted by Gasteiger charge is -2.09. The molecule has 0 atom stereocenters. The monoisotopic (exact) mass is 261 g/mol. The van der Waals surface area contributed by atoms with Crippen LogP contribution in [0.2, 0.25) is 0 Å². The van der Waals surface area contributed by atoms with Crippen molar-refractivity contribution in [1.82, 2.24) is 0 Å². The van der Waals surface area contributed by atoms with Crippen molar-refractivity contribution in [3.8, 4) is 5.75 Å². The Morgan fingerprint density at radius 1 is 1.35 bits per heavy atom. The van der Waals surface area contributed by atoms with Crippen molar-refractivity contribution in [2.24, 2.45) is 0 Å². The molecule has 0 aliphatic rings. The number of ether oxygens (including phenoxy) is 1. The number of hydrogen-bond acceptors (Lipinski definition) is 3. The number of hydrogen-bond donors (Lipinski definition) is 1. The highest BCUT2D eigenvalue weighted by molar-refractivity contribution is 7.92. The van der Waals surface area contributed by atoms with Crippen LogP contribution in [0.5, 0.6) is 5.75 Å². The number of halogens is 1. The molecule has 0 aliphatic carbocycles. The van der Waals surface area contributed by atoms with Gasteiger partial charge in [0.2, 0.25) is 10.0 Å². The fraction of sp³-hybridized carbons (Fsp3) is 0.455. The van der Waals surface area contributed by atoms with E-state index in [9.17, 15) is 12.8 Å². The van der Waals surface area contributed by atoms with Gasteiger partial charge in [-0.2, -0.15) is 0 Å². The second-order valence-corrected chi connectivity index (χ2v) is 5.34. The van der Waals surface area contributed by atoms with Crippen molar-refractivity contribution in [3.63, 3.8) is 0 Å². The molecule has 1 aromatic rings. The lowest BCUT2D eigenvalue weighted by Crippen LogP contribution is -2.16. The zero-order valence-electron chi connectivity index (χ0n) is 9.86. The highest BCUT2D eigenvalue weighted by Gasteiger charge is 2.10. The van der Waals surface area contributed by atoms with Gasteiger partial charge in [-0.1, -0.05) is 6.92 Å². The largest absolute Gasteiger partial charge is 0.491 e.